The standard InChI is InChI=1S/C12H12N2O5S2/c1-18-11(15)10-12(20-8-13-10)21(16,17)14-19-7-9-5-3-2-4-6-9/h2-6,8,14H,7H2,1H3. The number of sulfonamides is 1. The van der Waals surface area contributed by atoms with Gasteiger partial charge in [-0.15, -0.1) is 11.3 Å². The highest BCUT2D eigenvalue weighted by Gasteiger charge is 2.26. The molecule has 2 rings (SSSR count). The number of aromatic nitrogens is 1. The van der Waals surface area contributed by atoms with Crippen molar-refractivity contribution >= 4 is 27.3 Å². The minimum absolute atomic E-state index is 0.0619. The lowest BCUT2D eigenvalue weighted by atomic mass is 10.2. The van der Waals surface area contributed by atoms with Gasteiger partial charge in [-0.05, 0) is 5.56 Å². The molecule has 0 fully saturated rings. The Kier molecular flexibility index (Phi) is 5.02. The van der Waals surface area contributed by atoms with Crippen LogP contribution in [0.1, 0.15) is 16.1 Å². The number of nitrogens with one attached hydrogen (secondary N) is 1. The molecule has 1 heterocycles. The van der Waals surface area contributed by atoms with Crippen LogP contribution in [-0.2, 0) is 26.2 Å². The Labute approximate surface area is 125 Å². The molecule has 0 aliphatic heterocycles. The second kappa shape index (κ2) is 6.76. The lowest BCUT2D eigenvalue weighted by Gasteiger charge is -2.06. The first kappa shape index (κ1) is 15.6. The van der Waals surface area contributed by atoms with Crippen LogP contribution in [0.3, 0.4) is 0 Å². The highest BCUT2D eigenvalue weighted by molar-refractivity contribution is 7.91. The smallest absolute Gasteiger partial charge is 0.358 e. The zero-order valence-electron chi connectivity index (χ0n) is 11.0. The monoisotopic (exact) mass is 328 g/mol. The maximum absolute atomic E-state index is 12.1. The molecule has 112 valence electrons. The van der Waals surface area contributed by atoms with Gasteiger partial charge in [-0.2, -0.15) is 0 Å². The molecule has 0 saturated heterocycles. The molecular formula is C12H12N2O5S2. The van der Waals surface area contributed by atoms with Crippen LogP contribution < -0.4 is 4.89 Å². The molecule has 2 aromatic rings. The third kappa shape index (κ3) is 3.85. The maximum atomic E-state index is 12.1. The van der Waals surface area contributed by atoms with E-state index in [-0.39, 0.29) is 16.5 Å². The number of hydrogen-bond acceptors (Lipinski definition) is 7. The van der Waals surface area contributed by atoms with Crippen molar-refractivity contribution in [3.05, 3.63) is 47.1 Å². The van der Waals surface area contributed by atoms with Crippen molar-refractivity contribution < 1.29 is 22.8 Å². The van der Waals surface area contributed by atoms with Crippen molar-refractivity contribution in [1.82, 2.24) is 9.87 Å². The lowest BCUT2D eigenvalue weighted by molar-refractivity contribution is 0.0589. The maximum Gasteiger partial charge on any atom is 0.358 e. The van der Waals surface area contributed by atoms with Crippen LogP contribution in [-0.4, -0.2) is 26.5 Å². The topological polar surface area (TPSA) is 94.6 Å². The van der Waals surface area contributed by atoms with Gasteiger partial charge in [-0.25, -0.2) is 18.2 Å². The molecule has 1 aromatic carbocycles. The fourth-order valence-corrected chi connectivity index (χ4v) is 3.38. The van der Waals surface area contributed by atoms with E-state index in [0.717, 1.165) is 24.0 Å². The predicted octanol–water partition coefficient (Wildman–Crippen LogP) is 1.34. The molecule has 0 spiro atoms. The van der Waals surface area contributed by atoms with Crippen molar-refractivity contribution in [3.63, 3.8) is 0 Å². The van der Waals surface area contributed by atoms with Gasteiger partial charge in [0.25, 0.3) is 10.0 Å². The van der Waals surface area contributed by atoms with Crippen molar-refractivity contribution in [2.24, 2.45) is 0 Å². The van der Waals surface area contributed by atoms with Gasteiger partial charge in [0.1, 0.15) is 0 Å². The van der Waals surface area contributed by atoms with Crippen LogP contribution in [0.15, 0.2) is 40.1 Å². The second-order valence-electron chi connectivity index (χ2n) is 3.84. The lowest BCUT2D eigenvalue weighted by Crippen LogP contribution is -2.25. The largest absolute Gasteiger partial charge is 0.464 e. The number of hydrogen-bond donors (Lipinski definition) is 1. The van der Waals surface area contributed by atoms with E-state index >= 15 is 0 Å². The molecule has 0 aliphatic carbocycles. The number of ether oxygens (including phenoxy) is 1. The number of carbonyl (C=O) groups excluding carboxylic acids is 1. The molecule has 9 heteroatoms. The Morgan fingerprint density at radius 2 is 2.05 bits per heavy atom. The zero-order valence-corrected chi connectivity index (χ0v) is 12.6. The fourth-order valence-electron chi connectivity index (χ4n) is 1.46. The molecule has 0 unspecified atom stereocenters. The molecular weight excluding hydrogens is 316 g/mol. The van der Waals surface area contributed by atoms with Gasteiger partial charge in [0, 0.05) is 0 Å². The quantitative estimate of drug-likeness (QED) is 0.635. The van der Waals surface area contributed by atoms with E-state index in [9.17, 15) is 13.2 Å². The number of benzene rings is 1. The summed E-state index contributed by atoms with van der Waals surface area (Å²) in [7, 11) is -2.84. The van der Waals surface area contributed by atoms with Crippen LogP contribution in [0.25, 0.3) is 0 Å². The Morgan fingerprint density at radius 1 is 1.33 bits per heavy atom. The Balaban J connectivity index is 2.06. The highest BCUT2D eigenvalue weighted by atomic mass is 32.2. The van der Waals surface area contributed by atoms with E-state index in [2.05, 4.69) is 9.72 Å². The van der Waals surface area contributed by atoms with Crippen molar-refractivity contribution in [2.75, 3.05) is 7.11 Å². The Hall–Kier alpha value is -1.81. The number of rotatable bonds is 6. The Bertz CT molecular complexity index is 712. The van der Waals surface area contributed by atoms with E-state index in [4.69, 9.17) is 4.84 Å². The summed E-state index contributed by atoms with van der Waals surface area (Å²) in [5.74, 6) is -0.820. The summed E-state index contributed by atoms with van der Waals surface area (Å²) in [5, 5.41) is 0. The number of esters is 1. The van der Waals surface area contributed by atoms with Gasteiger partial charge in [-0.3, -0.25) is 4.84 Å². The summed E-state index contributed by atoms with van der Waals surface area (Å²) in [6.07, 6.45) is 0. The number of nitrogens with zero attached hydrogens (tertiary/aromatic N) is 1. The first-order valence-corrected chi connectivity index (χ1v) is 8.10. The molecule has 0 saturated carbocycles. The van der Waals surface area contributed by atoms with Gasteiger partial charge >= 0.3 is 5.97 Å². The Morgan fingerprint density at radius 3 is 2.71 bits per heavy atom. The van der Waals surface area contributed by atoms with Crippen molar-refractivity contribution in [1.29, 1.82) is 0 Å². The number of methoxy groups -OCH3 is 1. The van der Waals surface area contributed by atoms with E-state index in [1.165, 1.54) is 5.51 Å². The molecule has 0 atom stereocenters. The minimum atomic E-state index is -3.99. The summed E-state index contributed by atoms with van der Waals surface area (Å²) in [5.41, 5.74) is 1.79. The number of thiazole rings is 1. The highest BCUT2D eigenvalue weighted by Crippen LogP contribution is 2.20. The fraction of sp³-hybridized carbons (Fsp3) is 0.167. The van der Waals surface area contributed by atoms with Crippen LogP contribution in [0.5, 0.6) is 0 Å². The average Bonchev–Trinajstić information content (AvgIpc) is 2.98. The first-order valence-electron chi connectivity index (χ1n) is 5.74. The van der Waals surface area contributed by atoms with Crippen molar-refractivity contribution in [3.8, 4) is 0 Å². The molecule has 0 radical (unpaired) electrons. The van der Waals surface area contributed by atoms with Crippen LogP contribution in [0.2, 0.25) is 0 Å². The SMILES string of the molecule is COC(=O)c1ncsc1S(=O)(=O)NOCc1ccccc1. The third-order valence-corrected chi connectivity index (χ3v) is 4.99. The van der Waals surface area contributed by atoms with E-state index < -0.39 is 16.0 Å². The normalized spacial score (nSPS) is 11.3. The predicted molar refractivity (Wildman–Crippen MR) is 75.0 cm³/mol. The van der Waals surface area contributed by atoms with Gasteiger partial charge in [0.05, 0.1) is 19.2 Å². The first-order chi connectivity index (χ1) is 10.0. The molecule has 1 N–H and O–H groups in total. The third-order valence-electron chi connectivity index (χ3n) is 2.41. The average molecular weight is 328 g/mol. The van der Waals surface area contributed by atoms with Crippen LogP contribution in [0, 0.1) is 0 Å². The van der Waals surface area contributed by atoms with Gasteiger partial charge in [-0.1, -0.05) is 35.2 Å². The summed E-state index contributed by atoms with van der Waals surface area (Å²) in [6.45, 7) is 0.0619. The molecule has 21 heavy (non-hydrogen) atoms. The summed E-state index contributed by atoms with van der Waals surface area (Å²) >= 11 is 0.804. The summed E-state index contributed by atoms with van der Waals surface area (Å²) in [6, 6.07) is 9.05. The van der Waals surface area contributed by atoms with Crippen molar-refractivity contribution in [2.45, 2.75) is 10.8 Å². The summed E-state index contributed by atoms with van der Waals surface area (Å²) in [4.78, 5) is 22.0. The molecule has 7 nitrogen and oxygen atoms in total. The van der Waals surface area contributed by atoms with Gasteiger partial charge in [0.2, 0.25) is 0 Å². The number of carbonyl (C=O) groups is 1. The molecule has 0 aliphatic rings. The minimum Gasteiger partial charge on any atom is -0.464 e. The van der Waals surface area contributed by atoms with Crippen LogP contribution >= 0.6 is 11.3 Å². The summed E-state index contributed by atoms with van der Waals surface area (Å²) < 4.78 is 28.3. The van der Waals surface area contributed by atoms with E-state index in [0.29, 0.717) is 0 Å². The van der Waals surface area contributed by atoms with Crippen LogP contribution in [0.4, 0.5) is 0 Å². The second-order valence-corrected chi connectivity index (χ2v) is 6.54. The van der Waals surface area contributed by atoms with E-state index in [1.54, 1.807) is 12.1 Å². The van der Waals surface area contributed by atoms with Gasteiger partial charge in [0.15, 0.2) is 9.90 Å². The van der Waals surface area contributed by atoms with Gasteiger partial charge < -0.3 is 4.74 Å². The molecule has 0 amide bonds. The zero-order chi connectivity index (χ0) is 15.3. The molecule has 1 aromatic heterocycles. The van der Waals surface area contributed by atoms with E-state index in [1.807, 2.05) is 23.1 Å². The molecule has 0 bridgehead atoms.